The first-order valence-corrected chi connectivity index (χ1v) is 41.2. The lowest BCUT2D eigenvalue weighted by Crippen LogP contribution is -2.29. The monoisotopic (exact) mass is 1340 g/mol. The van der Waals surface area contributed by atoms with Crippen LogP contribution in [0.4, 0.5) is 0 Å². The van der Waals surface area contributed by atoms with Gasteiger partial charge in [-0.3, -0.25) is 18.6 Å². The second-order valence-electron chi connectivity index (χ2n) is 26.2. The van der Waals surface area contributed by atoms with Gasteiger partial charge in [-0.1, -0.05) is 366 Å². The van der Waals surface area contributed by atoms with Crippen molar-refractivity contribution >= 4 is 19.8 Å². The molecule has 0 heterocycles. The lowest BCUT2D eigenvalue weighted by molar-refractivity contribution is -0.161. The number of unbranched alkanes of at least 4 members (excludes halogenated alkanes) is 39. The van der Waals surface area contributed by atoms with Gasteiger partial charge in [0.25, 0.3) is 0 Å². The highest BCUT2D eigenvalue weighted by Crippen LogP contribution is 2.43. The molecule has 0 aromatic heterocycles. The third-order valence-electron chi connectivity index (χ3n) is 17.0. The third-order valence-corrected chi connectivity index (χ3v) is 18.0. The molecule has 0 spiro atoms. The van der Waals surface area contributed by atoms with Gasteiger partial charge >= 0.3 is 19.8 Å². The first kappa shape index (κ1) is 91.2. The Hall–Kier alpha value is -3.85. The molecule has 546 valence electrons. The standard InChI is InChI=1S/C85H148NO8P/c1-3-5-7-9-11-13-15-17-19-21-23-25-27-29-31-33-35-37-39-40-41-42-44-46-48-50-52-54-56-58-60-62-64-66-68-70-72-74-76-78-85(88)94-83(82-93-95(89,90)92-80-79-86)81-91-84(87)77-75-73-71-69-67-65-63-61-59-57-55-53-51-49-47-45-43-38-36-34-32-30-28-26-24-22-20-18-16-14-12-10-8-6-4-2/h5,7,11,13,16-19,22-25,29,31,35,37,40-41,44,46,50,52,83H,3-4,6,8-10,12,14-15,20-21,26-28,30,32-34,36,38-39,42-43,45,47-49,51,53-82,86H2,1-2H3,(H,89,90)/b7-5-,13-11-,18-16-,19-17-,24-22-,25-23-,31-29-,37-35-,41-40-,46-44-,52-50-. The summed E-state index contributed by atoms with van der Waals surface area (Å²) in [6, 6.07) is 0. The lowest BCUT2D eigenvalue weighted by atomic mass is 10.0. The summed E-state index contributed by atoms with van der Waals surface area (Å²) in [6.45, 7) is 3.65. The van der Waals surface area contributed by atoms with Crippen molar-refractivity contribution in [3.8, 4) is 0 Å². The number of hydrogen-bond donors (Lipinski definition) is 2. The van der Waals surface area contributed by atoms with Crippen LogP contribution in [0.3, 0.4) is 0 Å². The fraction of sp³-hybridized carbons (Fsp3) is 0.718. The fourth-order valence-electron chi connectivity index (χ4n) is 11.2. The Bertz CT molecular complexity index is 2030. The highest BCUT2D eigenvalue weighted by Gasteiger charge is 2.26. The van der Waals surface area contributed by atoms with E-state index in [1.807, 2.05) is 0 Å². The van der Waals surface area contributed by atoms with Crippen LogP contribution in [0.25, 0.3) is 0 Å². The zero-order chi connectivity index (χ0) is 68.6. The molecule has 10 heteroatoms. The van der Waals surface area contributed by atoms with Gasteiger partial charge in [0.1, 0.15) is 6.61 Å². The van der Waals surface area contributed by atoms with Crippen molar-refractivity contribution in [1.29, 1.82) is 0 Å². The predicted octanol–water partition coefficient (Wildman–Crippen LogP) is 26.8. The van der Waals surface area contributed by atoms with E-state index in [4.69, 9.17) is 24.3 Å². The van der Waals surface area contributed by atoms with Crippen molar-refractivity contribution in [1.82, 2.24) is 0 Å². The zero-order valence-electron chi connectivity index (χ0n) is 61.6. The summed E-state index contributed by atoms with van der Waals surface area (Å²) in [7, 11) is -4.40. The van der Waals surface area contributed by atoms with Gasteiger partial charge in [0.2, 0.25) is 0 Å². The molecule has 0 aromatic rings. The Labute approximate surface area is 586 Å². The van der Waals surface area contributed by atoms with E-state index in [2.05, 4.69) is 148 Å². The summed E-state index contributed by atoms with van der Waals surface area (Å²) in [6.07, 6.45) is 113. The largest absolute Gasteiger partial charge is 0.472 e. The van der Waals surface area contributed by atoms with Crippen LogP contribution in [0.15, 0.2) is 134 Å². The fourth-order valence-corrected chi connectivity index (χ4v) is 12.0. The molecule has 0 fully saturated rings. The quantitative estimate of drug-likeness (QED) is 0.0264. The molecule has 0 aliphatic rings. The molecule has 2 unspecified atom stereocenters. The minimum absolute atomic E-state index is 0.0493. The number of phosphoric acid groups is 1. The maximum atomic E-state index is 12.8. The van der Waals surface area contributed by atoms with Gasteiger partial charge in [0, 0.05) is 19.4 Å². The number of nitrogens with two attached hydrogens (primary N) is 1. The number of hydrogen-bond acceptors (Lipinski definition) is 8. The van der Waals surface area contributed by atoms with Gasteiger partial charge in [0.15, 0.2) is 6.10 Å². The number of esters is 2. The van der Waals surface area contributed by atoms with Crippen molar-refractivity contribution in [2.75, 3.05) is 26.4 Å². The lowest BCUT2D eigenvalue weighted by Gasteiger charge is -2.19. The smallest absolute Gasteiger partial charge is 0.462 e. The molecule has 0 aromatic carbocycles. The first-order valence-electron chi connectivity index (χ1n) is 39.7. The van der Waals surface area contributed by atoms with Crippen molar-refractivity contribution in [2.24, 2.45) is 5.73 Å². The van der Waals surface area contributed by atoms with Gasteiger partial charge in [-0.05, 0) is 116 Å². The highest BCUT2D eigenvalue weighted by molar-refractivity contribution is 7.47. The number of rotatable bonds is 74. The summed E-state index contributed by atoms with van der Waals surface area (Å²) in [5.74, 6) is -0.822. The Morgan fingerprint density at radius 3 is 0.863 bits per heavy atom. The highest BCUT2D eigenvalue weighted by atomic mass is 31.2. The van der Waals surface area contributed by atoms with Crippen LogP contribution in [-0.4, -0.2) is 49.3 Å². The normalized spacial score (nSPS) is 13.6. The van der Waals surface area contributed by atoms with Crippen molar-refractivity contribution in [3.63, 3.8) is 0 Å². The Balaban J connectivity index is 3.85. The van der Waals surface area contributed by atoms with E-state index in [9.17, 15) is 19.0 Å². The van der Waals surface area contributed by atoms with E-state index in [0.717, 1.165) is 109 Å². The van der Waals surface area contributed by atoms with Crippen LogP contribution in [-0.2, 0) is 32.7 Å². The molecule has 0 bridgehead atoms. The third kappa shape index (κ3) is 79.0. The molecule has 0 aliphatic heterocycles. The van der Waals surface area contributed by atoms with E-state index >= 15 is 0 Å². The molecule has 95 heavy (non-hydrogen) atoms. The Morgan fingerprint density at radius 1 is 0.326 bits per heavy atom. The maximum Gasteiger partial charge on any atom is 0.472 e. The molecule has 0 saturated carbocycles. The van der Waals surface area contributed by atoms with Gasteiger partial charge < -0.3 is 20.1 Å². The Morgan fingerprint density at radius 2 is 0.579 bits per heavy atom. The van der Waals surface area contributed by atoms with E-state index in [0.29, 0.717) is 6.42 Å². The minimum atomic E-state index is -4.40. The Kier molecular flexibility index (Phi) is 75.9. The zero-order valence-corrected chi connectivity index (χ0v) is 62.5. The predicted molar refractivity (Wildman–Crippen MR) is 413 cm³/mol. The number of allylic oxidation sites excluding steroid dienone is 22. The molecular weight excluding hydrogens is 1190 g/mol. The van der Waals surface area contributed by atoms with Crippen molar-refractivity contribution in [2.45, 2.75) is 367 Å². The van der Waals surface area contributed by atoms with Crippen LogP contribution < -0.4 is 5.73 Å². The molecule has 0 radical (unpaired) electrons. The van der Waals surface area contributed by atoms with Crippen LogP contribution in [0, 0.1) is 0 Å². The summed E-state index contributed by atoms with van der Waals surface area (Å²) >= 11 is 0. The van der Waals surface area contributed by atoms with E-state index in [1.54, 1.807) is 0 Å². The second-order valence-corrected chi connectivity index (χ2v) is 27.7. The van der Waals surface area contributed by atoms with Crippen LogP contribution in [0.1, 0.15) is 361 Å². The van der Waals surface area contributed by atoms with E-state index < -0.39 is 26.5 Å². The van der Waals surface area contributed by atoms with Gasteiger partial charge in [-0.2, -0.15) is 0 Å². The number of carbonyl (C=O) groups is 2. The summed E-state index contributed by atoms with van der Waals surface area (Å²) < 4.78 is 33.3. The number of ether oxygens (including phenoxy) is 2. The van der Waals surface area contributed by atoms with Gasteiger partial charge in [-0.25, -0.2) is 4.57 Å². The number of phosphoric ester groups is 1. The average molecular weight is 1340 g/mol. The summed E-state index contributed by atoms with van der Waals surface area (Å²) in [5, 5.41) is 0. The van der Waals surface area contributed by atoms with Gasteiger partial charge in [-0.15, -0.1) is 0 Å². The minimum Gasteiger partial charge on any atom is -0.462 e. The molecular formula is C85H148NO8P. The summed E-state index contributed by atoms with van der Waals surface area (Å²) in [5.41, 5.74) is 5.41. The van der Waals surface area contributed by atoms with E-state index in [-0.39, 0.29) is 38.6 Å². The van der Waals surface area contributed by atoms with Gasteiger partial charge in [0.05, 0.1) is 13.2 Å². The van der Waals surface area contributed by atoms with Crippen molar-refractivity contribution < 1.29 is 37.6 Å². The molecule has 2 atom stereocenters. The molecule has 0 saturated heterocycles. The van der Waals surface area contributed by atoms with Crippen LogP contribution >= 0.6 is 7.82 Å². The topological polar surface area (TPSA) is 134 Å². The number of carbonyl (C=O) groups excluding carboxylic acids is 2. The van der Waals surface area contributed by atoms with Crippen LogP contribution in [0.2, 0.25) is 0 Å². The summed E-state index contributed by atoms with van der Waals surface area (Å²) in [4.78, 5) is 35.5. The SMILES string of the molecule is CC/C=C\C/C=C\C/C=C\C/C=C\C/C=C\C/C=C\C/C=C\C/C=C\C/C=C\CCCCCCCCCCCCCC(=O)OC(COC(=O)CCCCCCCCCCCCCCCCCCCCCCCCC/C=C\C/C=C\CCCCCCC)COP(=O)(O)OCCN. The molecule has 3 N–H and O–H groups in total. The molecule has 0 aliphatic carbocycles. The van der Waals surface area contributed by atoms with Crippen molar-refractivity contribution in [3.05, 3.63) is 134 Å². The molecule has 0 amide bonds. The van der Waals surface area contributed by atoms with E-state index in [1.165, 1.54) is 218 Å². The second kappa shape index (κ2) is 79.1. The first-order chi connectivity index (χ1) is 46.8. The molecule has 9 nitrogen and oxygen atoms in total. The van der Waals surface area contributed by atoms with Crippen LogP contribution in [0.5, 0.6) is 0 Å². The molecule has 0 rings (SSSR count). The average Bonchev–Trinajstić information content (AvgIpc) is 3.16. The maximum absolute atomic E-state index is 12.8.